The Morgan fingerprint density at radius 3 is 2.67 bits per heavy atom. The molecule has 1 aromatic heterocycles. The highest BCUT2D eigenvalue weighted by molar-refractivity contribution is 14.1. The number of imidazole rings is 1. The normalized spacial score (nSPS) is 15.0. The number of rotatable bonds is 3. The summed E-state index contributed by atoms with van der Waals surface area (Å²) >= 11 is 8.16. The van der Waals surface area contributed by atoms with Crippen molar-refractivity contribution in [2.75, 3.05) is 0 Å². The third-order valence-corrected chi connectivity index (χ3v) is 4.17. The number of hydrogen-bond acceptors (Lipinski definition) is 1. The van der Waals surface area contributed by atoms with Gasteiger partial charge in [-0.05, 0) is 48.9 Å². The molecule has 2 aromatic rings. The molecule has 0 amide bonds. The van der Waals surface area contributed by atoms with E-state index in [1.165, 1.54) is 0 Å². The van der Waals surface area contributed by atoms with Gasteiger partial charge in [0.1, 0.15) is 11.6 Å². The molecule has 0 saturated carbocycles. The van der Waals surface area contributed by atoms with Crippen LogP contribution >= 0.6 is 34.2 Å². The lowest BCUT2D eigenvalue weighted by Crippen LogP contribution is -2.09. The van der Waals surface area contributed by atoms with Gasteiger partial charge in [-0.25, -0.2) is 9.37 Å². The molecule has 2 nitrogen and oxygen atoms in total. The predicted octanol–water partition coefficient (Wildman–Crippen LogP) is 5.05. The second-order valence-corrected chi connectivity index (χ2v) is 6.29. The van der Waals surface area contributed by atoms with Crippen molar-refractivity contribution >= 4 is 45.2 Å². The van der Waals surface area contributed by atoms with Gasteiger partial charge in [0, 0.05) is 12.1 Å². The Morgan fingerprint density at radius 1 is 1.44 bits per heavy atom. The molecule has 0 aliphatic carbocycles. The van der Waals surface area contributed by atoms with Gasteiger partial charge in [0.2, 0.25) is 0 Å². The van der Waals surface area contributed by atoms with E-state index in [9.17, 15) is 4.39 Å². The predicted molar refractivity (Wildman–Crippen MR) is 81.7 cm³/mol. The standard InChI is InChI=1S/C13H15ClFIN2/c1-4-7(2)18-12-5-9(15)10(16)6-11(12)17-13(18)8(3)14/h5-8H,4H2,1-3H3. The van der Waals surface area contributed by atoms with Gasteiger partial charge < -0.3 is 4.57 Å². The minimum Gasteiger partial charge on any atom is -0.324 e. The summed E-state index contributed by atoms with van der Waals surface area (Å²) in [4.78, 5) is 4.54. The maximum Gasteiger partial charge on any atom is 0.138 e. The number of benzene rings is 1. The fourth-order valence-corrected chi connectivity index (χ4v) is 2.64. The maximum absolute atomic E-state index is 13.7. The first kappa shape index (κ1) is 14.1. The lowest BCUT2D eigenvalue weighted by molar-refractivity contribution is 0.521. The van der Waals surface area contributed by atoms with Crippen molar-refractivity contribution in [2.24, 2.45) is 0 Å². The van der Waals surface area contributed by atoms with Gasteiger partial charge in [0.15, 0.2) is 0 Å². The summed E-state index contributed by atoms with van der Waals surface area (Å²) in [6, 6.07) is 3.58. The molecule has 0 fully saturated rings. The third-order valence-electron chi connectivity index (χ3n) is 3.15. The number of nitrogens with zero attached hydrogens (tertiary/aromatic N) is 2. The van der Waals surface area contributed by atoms with Gasteiger partial charge in [-0.3, -0.25) is 0 Å². The molecule has 0 spiro atoms. The van der Waals surface area contributed by atoms with Crippen LogP contribution in [0.5, 0.6) is 0 Å². The smallest absolute Gasteiger partial charge is 0.138 e. The zero-order valence-corrected chi connectivity index (χ0v) is 13.5. The molecule has 2 unspecified atom stereocenters. The molecule has 0 bridgehead atoms. The average molecular weight is 381 g/mol. The molecule has 18 heavy (non-hydrogen) atoms. The minimum atomic E-state index is -0.207. The number of halogens is 3. The van der Waals surface area contributed by atoms with E-state index in [2.05, 4.69) is 18.8 Å². The van der Waals surface area contributed by atoms with Gasteiger partial charge in [-0.1, -0.05) is 6.92 Å². The number of aromatic nitrogens is 2. The first-order chi connectivity index (χ1) is 8.45. The van der Waals surface area contributed by atoms with Crippen LogP contribution in [-0.4, -0.2) is 9.55 Å². The van der Waals surface area contributed by atoms with E-state index in [4.69, 9.17) is 11.6 Å². The number of fused-ring (bicyclic) bond motifs is 1. The Hall–Kier alpha value is -0.360. The molecule has 0 saturated heterocycles. The van der Waals surface area contributed by atoms with Crippen molar-refractivity contribution < 1.29 is 4.39 Å². The molecule has 0 aliphatic heterocycles. The summed E-state index contributed by atoms with van der Waals surface area (Å²) in [6.45, 7) is 6.09. The average Bonchev–Trinajstić information content (AvgIpc) is 2.67. The fraction of sp³-hybridized carbons (Fsp3) is 0.462. The molecule has 98 valence electrons. The number of hydrogen-bond donors (Lipinski definition) is 0. The van der Waals surface area contributed by atoms with Crippen LogP contribution in [0.4, 0.5) is 4.39 Å². The Labute approximate surface area is 125 Å². The molecular weight excluding hydrogens is 366 g/mol. The van der Waals surface area contributed by atoms with Crippen molar-refractivity contribution in [2.45, 2.75) is 38.6 Å². The Bertz CT molecular complexity index is 580. The van der Waals surface area contributed by atoms with Crippen molar-refractivity contribution in [3.05, 3.63) is 27.3 Å². The summed E-state index contributed by atoms with van der Waals surface area (Å²) in [7, 11) is 0. The second kappa shape index (κ2) is 5.33. The van der Waals surface area contributed by atoms with Gasteiger partial charge in [-0.2, -0.15) is 0 Å². The highest BCUT2D eigenvalue weighted by Crippen LogP contribution is 2.30. The van der Waals surface area contributed by atoms with Crippen LogP contribution in [0.2, 0.25) is 0 Å². The molecular formula is C13H15ClFIN2. The highest BCUT2D eigenvalue weighted by atomic mass is 127. The summed E-state index contributed by atoms with van der Waals surface area (Å²) < 4.78 is 16.4. The number of alkyl halides is 1. The molecule has 5 heteroatoms. The zero-order valence-electron chi connectivity index (χ0n) is 10.5. The quantitative estimate of drug-likeness (QED) is 0.538. The summed E-state index contributed by atoms with van der Waals surface area (Å²) in [5.74, 6) is 0.601. The van der Waals surface area contributed by atoms with Gasteiger partial charge in [0.25, 0.3) is 0 Å². The van der Waals surface area contributed by atoms with Crippen LogP contribution < -0.4 is 0 Å². The zero-order chi connectivity index (χ0) is 13.4. The summed E-state index contributed by atoms with van der Waals surface area (Å²) in [5.41, 5.74) is 1.63. The van der Waals surface area contributed by atoms with Gasteiger partial charge in [-0.15, -0.1) is 11.6 Å². The third kappa shape index (κ3) is 2.37. The molecule has 1 heterocycles. The monoisotopic (exact) mass is 380 g/mol. The minimum absolute atomic E-state index is 0.188. The van der Waals surface area contributed by atoms with Crippen LogP contribution in [0.25, 0.3) is 11.0 Å². The fourth-order valence-electron chi connectivity index (χ4n) is 2.04. The summed E-state index contributed by atoms with van der Waals surface area (Å²) in [6.07, 6.45) is 0.954. The van der Waals surface area contributed by atoms with Gasteiger partial charge >= 0.3 is 0 Å². The molecule has 2 atom stereocenters. The topological polar surface area (TPSA) is 17.8 Å². The molecule has 0 N–H and O–H groups in total. The SMILES string of the molecule is CCC(C)n1c(C(C)Cl)nc2cc(I)c(F)cc21. The lowest BCUT2D eigenvalue weighted by Gasteiger charge is -2.16. The molecule has 0 aliphatic rings. The Kier molecular flexibility index (Phi) is 4.16. The van der Waals surface area contributed by atoms with Crippen LogP contribution in [-0.2, 0) is 0 Å². The van der Waals surface area contributed by atoms with Crippen molar-refractivity contribution in [3.63, 3.8) is 0 Å². The second-order valence-electron chi connectivity index (χ2n) is 4.47. The van der Waals surface area contributed by atoms with E-state index in [1.54, 1.807) is 12.1 Å². The molecule has 2 rings (SSSR count). The first-order valence-electron chi connectivity index (χ1n) is 5.96. The Morgan fingerprint density at radius 2 is 2.11 bits per heavy atom. The van der Waals surface area contributed by atoms with Crippen molar-refractivity contribution in [1.82, 2.24) is 9.55 Å². The van der Waals surface area contributed by atoms with Crippen LogP contribution in [0.1, 0.15) is 44.4 Å². The van der Waals surface area contributed by atoms with E-state index in [0.29, 0.717) is 3.57 Å². The highest BCUT2D eigenvalue weighted by Gasteiger charge is 2.19. The van der Waals surface area contributed by atoms with E-state index >= 15 is 0 Å². The van der Waals surface area contributed by atoms with Crippen molar-refractivity contribution in [3.8, 4) is 0 Å². The lowest BCUT2D eigenvalue weighted by atomic mass is 10.2. The van der Waals surface area contributed by atoms with Gasteiger partial charge in [0.05, 0.1) is 20.0 Å². The van der Waals surface area contributed by atoms with E-state index < -0.39 is 0 Å². The van der Waals surface area contributed by atoms with Crippen molar-refractivity contribution in [1.29, 1.82) is 0 Å². The first-order valence-corrected chi connectivity index (χ1v) is 7.48. The van der Waals surface area contributed by atoms with E-state index in [-0.39, 0.29) is 17.2 Å². The summed E-state index contributed by atoms with van der Waals surface area (Å²) in [5, 5.41) is -0.188. The maximum atomic E-state index is 13.7. The largest absolute Gasteiger partial charge is 0.324 e. The van der Waals surface area contributed by atoms with E-state index in [0.717, 1.165) is 23.3 Å². The van der Waals surface area contributed by atoms with E-state index in [1.807, 2.05) is 34.1 Å². The molecule has 0 radical (unpaired) electrons. The van der Waals surface area contributed by atoms with Crippen LogP contribution in [0, 0.1) is 9.39 Å². The van der Waals surface area contributed by atoms with Crippen LogP contribution in [0.3, 0.4) is 0 Å². The molecule has 1 aromatic carbocycles. The Balaban J connectivity index is 2.77. The van der Waals surface area contributed by atoms with Crippen LogP contribution in [0.15, 0.2) is 12.1 Å².